The van der Waals surface area contributed by atoms with E-state index in [9.17, 15) is 4.79 Å². The number of rotatable bonds is 5. The van der Waals surface area contributed by atoms with Gasteiger partial charge in [-0.15, -0.1) is 11.3 Å². The smallest absolute Gasteiger partial charge is 0.318 e. The summed E-state index contributed by atoms with van der Waals surface area (Å²) >= 11 is 5.02. The number of hydrogen-bond acceptors (Lipinski definition) is 3. The molecule has 0 fully saturated rings. The highest BCUT2D eigenvalue weighted by Gasteiger charge is 2.13. The first-order valence-corrected chi connectivity index (χ1v) is 7.59. The average Bonchev–Trinajstić information content (AvgIpc) is 3.04. The molecule has 0 atom stereocenters. The van der Waals surface area contributed by atoms with Crippen molar-refractivity contribution in [1.29, 1.82) is 0 Å². The highest BCUT2D eigenvalue weighted by Crippen LogP contribution is 2.21. The summed E-state index contributed by atoms with van der Waals surface area (Å²) in [6.07, 6.45) is 1.62. The van der Waals surface area contributed by atoms with Crippen molar-refractivity contribution >= 4 is 33.3 Å². The zero-order chi connectivity index (χ0) is 13.7. The summed E-state index contributed by atoms with van der Waals surface area (Å²) in [4.78, 5) is 14.9. The SMILES string of the molecule is CCN(Cc1ccco1)C(=O)NCc1ccc(Br)s1. The van der Waals surface area contributed by atoms with Crippen LogP contribution in [0.2, 0.25) is 0 Å². The van der Waals surface area contributed by atoms with E-state index in [1.807, 2.05) is 31.2 Å². The van der Waals surface area contributed by atoms with E-state index >= 15 is 0 Å². The van der Waals surface area contributed by atoms with Crippen molar-refractivity contribution in [3.05, 3.63) is 45.0 Å². The molecule has 2 rings (SSSR count). The fraction of sp³-hybridized carbons (Fsp3) is 0.308. The van der Waals surface area contributed by atoms with Crippen molar-refractivity contribution in [3.63, 3.8) is 0 Å². The van der Waals surface area contributed by atoms with Gasteiger partial charge in [-0.2, -0.15) is 0 Å². The molecule has 4 nitrogen and oxygen atoms in total. The third-order valence-corrected chi connectivity index (χ3v) is 4.26. The Labute approximate surface area is 124 Å². The summed E-state index contributed by atoms with van der Waals surface area (Å²) in [5, 5.41) is 2.91. The molecule has 0 saturated heterocycles. The van der Waals surface area contributed by atoms with Crippen LogP contribution in [0.1, 0.15) is 17.6 Å². The summed E-state index contributed by atoms with van der Waals surface area (Å²) in [6, 6.07) is 7.59. The molecule has 0 aliphatic heterocycles. The maximum absolute atomic E-state index is 12.0. The Hall–Kier alpha value is -1.27. The van der Waals surface area contributed by atoms with Gasteiger partial charge in [0.2, 0.25) is 0 Å². The fourth-order valence-corrected chi connectivity index (χ4v) is 3.06. The molecular weight excluding hydrogens is 328 g/mol. The lowest BCUT2D eigenvalue weighted by Gasteiger charge is -2.19. The maximum atomic E-state index is 12.0. The van der Waals surface area contributed by atoms with Gasteiger partial charge in [0, 0.05) is 11.4 Å². The van der Waals surface area contributed by atoms with Crippen molar-refractivity contribution < 1.29 is 9.21 Å². The number of amides is 2. The quantitative estimate of drug-likeness (QED) is 0.897. The Kier molecular flexibility index (Phi) is 5.04. The van der Waals surface area contributed by atoms with Gasteiger partial charge in [0.15, 0.2) is 0 Å². The molecule has 1 N–H and O–H groups in total. The molecule has 2 aromatic heterocycles. The lowest BCUT2D eigenvalue weighted by molar-refractivity contribution is 0.193. The summed E-state index contributed by atoms with van der Waals surface area (Å²) in [7, 11) is 0. The highest BCUT2D eigenvalue weighted by molar-refractivity contribution is 9.11. The van der Waals surface area contributed by atoms with Crippen LogP contribution < -0.4 is 5.32 Å². The van der Waals surface area contributed by atoms with E-state index in [1.165, 1.54) is 0 Å². The van der Waals surface area contributed by atoms with Crippen LogP contribution >= 0.6 is 27.3 Å². The molecule has 0 radical (unpaired) electrons. The fourth-order valence-electron chi connectivity index (χ4n) is 1.64. The molecule has 0 saturated carbocycles. The predicted molar refractivity (Wildman–Crippen MR) is 79.0 cm³/mol. The van der Waals surface area contributed by atoms with E-state index in [0.717, 1.165) is 14.4 Å². The first-order chi connectivity index (χ1) is 9.19. The second kappa shape index (κ2) is 6.77. The number of carbonyl (C=O) groups is 1. The Morgan fingerprint density at radius 2 is 2.32 bits per heavy atom. The zero-order valence-corrected chi connectivity index (χ0v) is 13.0. The van der Waals surface area contributed by atoms with Crippen LogP contribution in [0.4, 0.5) is 4.79 Å². The van der Waals surface area contributed by atoms with Crippen molar-refractivity contribution in [2.45, 2.75) is 20.0 Å². The summed E-state index contributed by atoms with van der Waals surface area (Å²) in [6.45, 7) is 3.62. The van der Waals surface area contributed by atoms with E-state index in [0.29, 0.717) is 19.6 Å². The summed E-state index contributed by atoms with van der Waals surface area (Å²) in [5.41, 5.74) is 0. The van der Waals surface area contributed by atoms with Crippen LogP contribution in [0, 0.1) is 0 Å². The average molecular weight is 343 g/mol. The number of carbonyl (C=O) groups excluding carboxylic acids is 1. The molecule has 0 spiro atoms. The molecule has 0 aliphatic rings. The Bertz CT molecular complexity index is 524. The van der Waals surface area contributed by atoms with Crippen LogP contribution in [-0.4, -0.2) is 17.5 Å². The number of urea groups is 1. The van der Waals surface area contributed by atoms with Crippen LogP contribution in [0.25, 0.3) is 0 Å². The molecule has 0 aromatic carbocycles. The second-order valence-corrected chi connectivity index (χ2v) is 6.51. The van der Waals surface area contributed by atoms with Crippen LogP contribution in [0.5, 0.6) is 0 Å². The Morgan fingerprint density at radius 1 is 1.47 bits per heavy atom. The molecule has 2 aromatic rings. The van der Waals surface area contributed by atoms with Crippen LogP contribution in [-0.2, 0) is 13.1 Å². The number of halogens is 1. The number of nitrogens with zero attached hydrogens (tertiary/aromatic N) is 1. The number of thiophene rings is 1. The van der Waals surface area contributed by atoms with Gasteiger partial charge in [-0.25, -0.2) is 4.79 Å². The topological polar surface area (TPSA) is 45.5 Å². The van der Waals surface area contributed by atoms with Gasteiger partial charge in [0.1, 0.15) is 5.76 Å². The molecular formula is C13H15BrN2O2S. The summed E-state index contributed by atoms with van der Waals surface area (Å²) in [5.74, 6) is 0.788. The summed E-state index contributed by atoms with van der Waals surface area (Å²) < 4.78 is 6.33. The second-order valence-electron chi connectivity index (χ2n) is 3.96. The molecule has 2 amide bonds. The van der Waals surface area contributed by atoms with Crippen molar-refractivity contribution in [2.24, 2.45) is 0 Å². The normalized spacial score (nSPS) is 10.4. The first-order valence-electron chi connectivity index (χ1n) is 5.98. The van der Waals surface area contributed by atoms with Gasteiger partial charge in [-0.05, 0) is 47.1 Å². The minimum atomic E-state index is -0.0802. The van der Waals surface area contributed by atoms with Gasteiger partial charge in [0.25, 0.3) is 0 Å². The molecule has 6 heteroatoms. The first kappa shape index (κ1) is 14.1. The van der Waals surface area contributed by atoms with E-state index < -0.39 is 0 Å². The number of furan rings is 1. The predicted octanol–water partition coefficient (Wildman–Crippen LogP) is 3.84. The van der Waals surface area contributed by atoms with Gasteiger partial charge >= 0.3 is 6.03 Å². The third-order valence-electron chi connectivity index (χ3n) is 2.64. The van der Waals surface area contributed by atoms with Crippen molar-refractivity contribution in [1.82, 2.24) is 10.2 Å². The number of nitrogens with one attached hydrogen (secondary N) is 1. The third kappa shape index (κ3) is 4.11. The van der Waals surface area contributed by atoms with Crippen LogP contribution in [0.15, 0.2) is 38.7 Å². The number of hydrogen-bond donors (Lipinski definition) is 1. The molecule has 102 valence electrons. The minimum absolute atomic E-state index is 0.0802. The lowest BCUT2D eigenvalue weighted by Crippen LogP contribution is -2.38. The molecule has 2 heterocycles. The Morgan fingerprint density at radius 3 is 2.89 bits per heavy atom. The van der Waals surface area contributed by atoms with E-state index in [-0.39, 0.29) is 6.03 Å². The van der Waals surface area contributed by atoms with Gasteiger partial charge < -0.3 is 14.6 Å². The van der Waals surface area contributed by atoms with E-state index in [2.05, 4.69) is 21.2 Å². The highest BCUT2D eigenvalue weighted by atomic mass is 79.9. The van der Waals surface area contributed by atoms with E-state index in [1.54, 1.807) is 22.5 Å². The molecule has 0 aliphatic carbocycles. The van der Waals surface area contributed by atoms with Crippen molar-refractivity contribution in [2.75, 3.05) is 6.54 Å². The van der Waals surface area contributed by atoms with Gasteiger partial charge in [-0.1, -0.05) is 0 Å². The monoisotopic (exact) mass is 342 g/mol. The lowest BCUT2D eigenvalue weighted by atomic mass is 10.4. The largest absolute Gasteiger partial charge is 0.467 e. The zero-order valence-electron chi connectivity index (χ0n) is 10.6. The van der Waals surface area contributed by atoms with Crippen LogP contribution in [0.3, 0.4) is 0 Å². The maximum Gasteiger partial charge on any atom is 0.318 e. The van der Waals surface area contributed by atoms with Crippen molar-refractivity contribution in [3.8, 4) is 0 Å². The molecule has 0 bridgehead atoms. The van der Waals surface area contributed by atoms with Gasteiger partial charge in [-0.3, -0.25) is 0 Å². The standard InChI is InChI=1S/C13H15BrN2O2S/c1-2-16(9-10-4-3-7-18-10)13(17)15-8-11-5-6-12(14)19-11/h3-7H,2,8-9H2,1H3,(H,15,17). The van der Waals surface area contributed by atoms with Gasteiger partial charge in [0.05, 0.1) is 23.1 Å². The molecule has 19 heavy (non-hydrogen) atoms. The molecule has 0 unspecified atom stereocenters. The minimum Gasteiger partial charge on any atom is -0.467 e. The van der Waals surface area contributed by atoms with E-state index in [4.69, 9.17) is 4.42 Å². The Balaban J connectivity index is 1.86.